The Hall–Kier alpha value is 1.23. The first-order valence-electron chi connectivity index (χ1n) is 3.55. The van der Waals surface area contributed by atoms with Gasteiger partial charge in [-0.2, -0.15) is 6.08 Å². The molecule has 1 rings (SSSR count). The first kappa shape index (κ1) is 23.8. The van der Waals surface area contributed by atoms with Gasteiger partial charge in [0, 0.05) is 0 Å². The van der Waals surface area contributed by atoms with E-state index >= 15 is 0 Å². The van der Waals surface area contributed by atoms with Crippen molar-refractivity contribution in [3.63, 3.8) is 0 Å². The van der Waals surface area contributed by atoms with Crippen molar-refractivity contribution in [3.05, 3.63) is 23.8 Å². The third-order valence-corrected chi connectivity index (χ3v) is 1.39. The molecule has 0 aliphatic heterocycles. The molecule has 74 valence electrons. The summed E-state index contributed by atoms with van der Waals surface area (Å²) in [7, 11) is 0. The molecule has 0 fully saturated rings. The van der Waals surface area contributed by atoms with Gasteiger partial charge in [-0.05, 0) is 5.92 Å². The zero-order valence-electron chi connectivity index (χ0n) is 7.78. The monoisotopic (exact) mass is 316 g/mol. The Balaban J connectivity index is -0.000000101. The van der Waals surface area contributed by atoms with Gasteiger partial charge in [-0.3, -0.25) is 6.08 Å². The Morgan fingerprint density at radius 1 is 1.31 bits per heavy atom. The van der Waals surface area contributed by atoms with Crippen molar-refractivity contribution in [1.29, 1.82) is 0 Å². The number of halogens is 3. The second kappa shape index (κ2) is 13.2. The van der Waals surface area contributed by atoms with Gasteiger partial charge in [0.2, 0.25) is 0 Å². The summed E-state index contributed by atoms with van der Waals surface area (Å²) in [6.07, 6.45) is 9.86. The van der Waals surface area contributed by atoms with Crippen LogP contribution in [0.5, 0.6) is 0 Å². The molecule has 0 N–H and O–H groups in total. The van der Waals surface area contributed by atoms with Crippen LogP contribution in [0.3, 0.4) is 0 Å². The second-order valence-corrected chi connectivity index (χ2v) is 2.91. The molecule has 0 nitrogen and oxygen atoms in total. The predicted molar refractivity (Wildman–Crippen MR) is 40.0 cm³/mol. The minimum absolute atomic E-state index is 0. The molecule has 0 radical (unpaired) electrons. The quantitative estimate of drug-likeness (QED) is 0.445. The fraction of sp³-hybridized carbons (Fsp3) is 0.556. The topological polar surface area (TPSA) is 0 Å². The van der Waals surface area contributed by atoms with Crippen LogP contribution in [0.4, 0.5) is 0 Å². The van der Waals surface area contributed by atoms with E-state index in [-0.39, 0.29) is 63.4 Å². The van der Waals surface area contributed by atoms with Crippen LogP contribution in [0.15, 0.2) is 17.7 Å². The maximum atomic E-state index is 3.29. The van der Waals surface area contributed by atoms with Gasteiger partial charge in [-0.25, -0.2) is 11.6 Å². The summed E-state index contributed by atoms with van der Waals surface area (Å²) in [4.78, 5) is 0. The van der Waals surface area contributed by atoms with Crippen LogP contribution in [0.1, 0.15) is 26.7 Å². The van der Waals surface area contributed by atoms with Crippen LogP contribution in [-0.2, 0) is 26.2 Å². The second-order valence-electron chi connectivity index (χ2n) is 2.91. The van der Waals surface area contributed by atoms with E-state index in [9.17, 15) is 0 Å². The van der Waals surface area contributed by atoms with Crippen molar-refractivity contribution < 1.29 is 63.4 Å². The minimum atomic E-state index is 0. The van der Waals surface area contributed by atoms with Gasteiger partial charge in [0.05, 0.1) is 0 Å². The summed E-state index contributed by atoms with van der Waals surface area (Å²) in [5.41, 5.74) is 1.39. The van der Waals surface area contributed by atoms with Gasteiger partial charge in [-0.15, -0.1) is 6.42 Å². The van der Waals surface area contributed by atoms with Crippen molar-refractivity contribution in [1.82, 2.24) is 0 Å². The molecule has 0 saturated carbocycles. The van der Waals surface area contributed by atoms with E-state index in [1.165, 1.54) is 12.0 Å². The zero-order chi connectivity index (χ0) is 6.69. The van der Waals surface area contributed by atoms with Crippen LogP contribution in [0.25, 0.3) is 0 Å². The Labute approximate surface area is 119 Å². The van der Waals surface area contributed by atoms with Gasteiger partial charge >= 0.3 is 26.2 Å². The third-order valence-electron chi connectivity index (χ3n) is 1.39. The summed E-state index contributed by atoms with van der Waals surface area (Å²) < 4.78 is 0. The number of rotatable bonds is 2. The van der Waals surface area contributed by atoms with Crippen LogP contribution < -0.4 is 37.2 Å². The van der Waals surface area contributed by atoms with Gasteiger partial charge in [0.1, 0.15) is 0 Å². The van der Waals surface area contributed by atoms with Gasteiger partial charge in [-0.1, -0.05) is 20.3 Å². The molecule has 0 bridgehead atoms. The first-order valence-corrected chi connectivity index (χ1v) is 3.55. The Kier molecular flexibility index (Phi) is 24.2. The van der Waals surface area contributed by atoms with E-state index in [2.05, 4.69) is 32.1 Å². The van der Waals surface area contributed by atoms with E-state index < -0.39 is 0 Å². The summed E-state index contributed by atoms with van der Waals surface area (Å²) in [6.45, 7) is 4.47. The summed E-state index contributed by atoms with van der Waals surface area (Å²) in [5.74, 6) is 0.773. The molecule has 0 amide bonds. The summed E-state index contributed by atoms with van der Waals surface area (Å²) in [6, 6.07) is 0. The standard InChI is InChI=1S/C9H13.3ClH.Zr/c1-8(2)7-9-5-3-4-6-9;;;;/h3,5,8H,4,7H2,1-2H3;3*1H;/q-1;;;;+4/p-3. The Morgan fingerprint density at radius 3 is 2.15 bits per heavy atom. The van der Waals surface area contributed by atoms with Crippen LogP contribution in [-0.4, -0.2) is 0 Å². The van der Waals surface area contributed by atoms with Gasteiger partial charge in [0.25, 0.3) is 0 Å². The average molecular weight is 319 g/mol. The number of hydrogen-bond donors (Lipinski definition) is 0. The molecular weight excluding hydrogens is 306 g/mol. The molecule has 0 aromatic heterocycles. The first-order chi connectivity index (χ1) is 4.29. The zero-order valence-corrected chi connectivity index (χ0v) is 12.5. The maximum absolute atomic E-state index is 3.29. The molecule has 0 atom stereocenters. The van der Waals surface area contributed by atoms with E-state index in [1.807, 2.05) is 0 Å². The summed E-state index contributed by atoms with van der Waals surface area (Å²) >= 11 is 0. The SMILES string of the molecule is CC(C)CC1=[C-]CC=C1.[Cl-].[Cl-].[Cl-].[Zr+4]. The van der Waals surface area contributed by atoms with Crippen molar-refractivity contribution in [2.24, 2.45) is 5.92 Å². The van der Waals surface area contributed by atoms with E-state index in [1.54, 1.807) is 0 Å². The number of allylic oxidation sites excluding steroid dienone is 4. The largest absolute Gasteiger partial charge is 4.00 e. The van der Waals surface area contributed by atoms with Crippen LogP contribution in [0, 0.1) is 12.0 Å². The molecule has 0 saturated heterocycles. The Bertz CT molecular complexity index is 153. The van der Waals surface area contributed by atoms with E-state index in [0.29, 0.717) is 0 Å². The van der Waals surface area contributed by atoms with E-state index in [4.69, 9.17) is 0 Å². The van der Waals surface area contributed by atoms with Crippen molar-refractivity contribution in [3.8, 4) is 0 Å². The van der Waals surface area contributed by atoms with Crippen molar-refractivity contribution >= 4 is 0 Å². The fourth-order valence-corrected chi connectivity index (χ4v) is 1.03. The Morgan fingerprint density at radius 2 is 1.85 bits per heavy atom. The average Bonchev–Trinajstić information content (AvgIpc) is 2.15. The minimum Gasteiger partial charge on any atom is -1.00 e. The molecule has 0 heterocycles. The molecule has 13 heavy (non-hydrogen) atoms. The summed E-state index contributed by atoms with van der Waals surface area (Å²) in [5, 5.41) is 0. The van der Waals surface area contributed by atoms with Crippen LogP contribution in [0.2, 0.25) is 0 Å². The number of hydrogen-bond acceptors (Lipinski definition) is 0. The van der Waals surface area contributed by atoms with Crippen molar-refractivity contribution in [2.75, 3.05) is 0 Å². The normalized spacial score (nSPS) is 11.8. The third kappa shape index (κ3) is 11.2. The van der Waals surface area contributed by atoms with E-state index in [0.717, 1.165) is 12.3 Å². The molecule has 0 spiro atoms. The van der Waals surface area contributed by atoms with Crippen molar-refractivity contribution in [2.45, 2.75) is 26.7 Å². The maximum Gasteiger partial charge on any atom is 4.00 e. The molecule has 1 aliphatic rings. The molecular formula is C9H13Cl3Zr. The van der Waals surface area contributed by atoms with Crippen LogP contribution >= 0.6 is 0 Å². The molecule has 1 aliphatic carbocycles. The molecule has 0 aromatic carbocycles. The fourth-order valence-electron chi connectivity index (χ4n) is 1.03. The van der Waals surface area contributed by atoms with Gasteiger partial charge in [0.15, 0.2) is 0 Å². The molecule has 4 heteroatoms. The molecule has 0 unspecified atom stereocenters. The predicted octanol–water partition coefficient (Wildman–Crippen LogP) is -6.27. The van der Waals surface area contributed by atoms with Gasteiger partial charge < -0.3 is 37.2 Å². The molecule has 0 aromatic rings. The smallest absolute Gasteiger partial charge is 1.00 e.